The Hall–Kier alpha value is -1.92. The summed E-state index contributed by atoms with van der Waals surface area (Å²) in [6.07, 6.45) is 1.06. The van der Waals surface area contributed by atoms with Crippen molar-refractivity contribution in [3.05, 3.63) is 41.6 Å². The first-order valence-electron chi connectivity index (χ1n) is 6.69. The number of aryl methyl sites for hydroxylation is 1. The van der Waals surface area contributed by atoms with Crippen LogP contribution in [0.5, 0.6) is 0 Å². The van der Waals surface area contributed by atoms with Crippen molar-refractivity contribution in [1.82, 2.24) is 9.88 Å². The van der Waals surface area contributed by atoms with E-state index in [2.05, 4.69) is 35.0 Å². The van der Waals surface area contributed by atoms with Gasteiger partial charge in [0.2, 0.25) is 0 Å². The predicted molar refractivity (Wildman–Crippen MR) is 77.7 cm³/mol. The van der Waals surface area contributed by atoms with Gasteiger partial charge in [0.25, 0.3) is 0 Å². The van der Waals surface area contributed by atoms with E-state index in [1.54, 1.807) is 0 Å². The van der Waals surface area contributed by atoms with Gasteiger partial charge in [0, 0.05) is 17.6 Å². The van der Waals surface area contributed by atoms with Crippen molar-refractivity contribution in [3.8, 4) is 6.07 Å². The van der Waals surface area contributed by atoms with E-state index in [1.807, 2.05) is 25.1 Å². The van der Waals surface area contributed by atoms with Crippen LogP contribution in [0.1, 0.15) is 24.6 Å². The van der Waals surface area contributed by atoms with Gasteiger partial charge in [-0.05, 0) is 37.6 Å². The summed E-state index contributed by atoms with van der Waals surface area (Å²) in [6.45, 7) is 6.39. The lowest BCUT2D eigenvalue weighted by atomic mass is 10.1. The molecule has 3 nitrogen and oxygen atoms in total. The van der Waals surface area contributed by atoms with Crippen molar-refractivity contribution in [2.45, 2.75) is 26.8 Å². The maximum Gasteiger partial charge on any atom is 0.0868 e. The van der Waals surface area contributed by atoms with Crippen molar-refractivity contribution in [2.24, 2.45) is 0 Å². The average molecular weight is 253 g/mol. The highest BCUT2D eigenvalue weighted by atomic mass is 15.1. The summed E-state index contributed by atoms with van der Waals surface area (Å²) in [5, 5.41) is 10.1. The van der Waals surface area contributed by atoms with Crippen LogP contribution in [0.25, 0.3) is 10.9 Å². The SMILES string of the molecule is CCCN(CC#N)Cc1cc(C)nc2ccccc12. The molecule has 0 atom stereocenters. The first-order valence-corrected chi connectivity index (χ1v) is 6.69. The summed E-state index contributed by atoms with van der Waals surface area (Å²) >= 11 is 0. The normalized spacial score (nSPS) is 10.8. The molecule has 0 aliphatic heterocycles. The number of rotatable bonds is 5. The van der Waals surface area contributed by atoms with Gasteiger partial charge >= 0.3 is 0 Å². The van der Waals surface area contributed by atoms with Gasteiger partial charge in [-0.15, -0.1) is 0 Å². The molecule has 0 saturated carbocycles. The van der Waals surface area contributed by atoms with Gasteiger partial charge in [-0.2, -0.15) is 5.26 Å². The summed E-state index contributed by atoms with van der Waals surface area (Å²) in [6, 6.07) is 12.6. The molecule has 0 aliphatic rings. The first kappa shape index (κ1) is 13.5. The molecule has 0 fully saturated rings. The number of nitrogens with zero attached hydrogens (tertiary/aromatic N) is 3. The fourth-order valence-electron chi connectivity index (χ4n) is 2.40. The zero-order valence-corrected chi connectivity index (χ0v) is 11.6. The predicted octanol–water partition coefficient (Wildman–Crippen LogP) is 3.28. The minimum Gasteiger partial charge on any atom is -0.286 e. The number of pyridine rings is 1. The number of nitriles is 1. The number of hydrogen-bond acceptors (Lipinski definition) is 3. The highest BCUT2D eigenvalue weighted by Crippen LogP contribution is 2.19. The van der Waals surface area contributed by atoms with E-state index in [0.29, 0.717) is 6.54 Å². The number of para-hydroxylation sites is 1. The Balaban J connectivity index is 2.35. The number of aromatic nitrogens is 1. The van der Waals surface area contributed by atoms with Crippen LogP contribution in [-0.4, -0.2) is 23.0 Å². The zero-order valence-electron chi connectivity index (χ0n) is 11.6. The van der Waals surface area contributed by atoms with Crippen LogP contribution in [0.2, 0.25) is 0 Å². The minimum atomic E-state index is 0.476. The maximum absolute atomic E-state index is 8.91. The lowest BCUT2D eigenvalue weighted by Gasteiger charge is -2.19. The van der Waals surface area contributed by atoms with Crippen molar-refractivity contribution < 1.29 is 0 Å². The van der Waals surface area contributed by atoms with E-state index in [9.17, 15) is 0 Å². The van der Waals surface area contributed by atoms with E-state index in [0.717, 1.165) is 30.7 Å². The molecule has 0 bridgehead atoms. The van der Waals surface area contributed by atoms with Gasteiger partial charge in [-0.1, -0.05) is 25.1 Å². The average Bonchev–Trinajstić information content (AvgIpc) is 2.39. The fourth-order valence-corrected chi connectivity index (χ4v) is 2.40. The third-order valence-electron chi connectivity index (χ3n) is 3.16. The van der Waals surface area contributed by atoms with E-state index in [4.69, 9.17) is 5.26 Å². The zero-order chi connectivity index (χ0) is 13.7. The van der Waals surface area contributed by atoms with Crippen LogP contribution in [0.4, 0.5) is 0 Å². The van der Waals surface area contributed by atoms with E-state index >= 15 is 0 Å². The Labute approximate surface area is 114 Å². The van der Waals surface area contributed by atoms with Crippen molar-refractivity contribution in [2.75, 3.05) is 13.1 Å². The van der Waals surface area contributed by atoms with Crippen molar-refractivity contribution in [1.29, 1.82) is 5.26 Å². The molecule has 0 saturated heterocycles. The summed E-state index contributed by atoms with van der Waals surface area (Å²) in [5.41, 5.74) is 3.32. The quantitative estimate of drug-likeness (QED) is 0.768. The third kappa shape index (κ3) is 3.30. The molecule has 98 valence electrons. The molecule has 1 heterocycles. The van der Waals surface area contributed by atoms with Gasteiger partial charge in [-0.25, -0.2) is 0 Å². The lowest BCUT2D eigenvalue weighted by molar-refractivity contribution is 0.299. The topological polar surface area (TPSA) is 39.9 Å². The molecule has 1 aromatic carbocycles. The lowest BCUT2D eigenvalue weighted by Crippen LogP contribution is -2.24. The molecule has 0 N–H and O–H groups in total. The van der Waals surface area contributed by atoms with Crippen LogP contribution in [0, 0.1) is 18.3 Å². The second-order valence-corrected chi connectivity index (χ2v) is 4.81. The van der Waals surface area contributed by atoms with Gasteiger partial charge in [0.1, 0.15) is 0 Å². The van der Waals surface area contributed by atoms with Gasteiger partial charge in [0.05, 0.1) is 18.1 Å². The van der Waals surface area contributed by atoms with E-state index < -0.39 is 0 Å². The Morgan fingerprint density at radius 2 is 2.11 bits per heavy atom. The Kier molecular flexibility index (Phi) is 4.48. The van der Waals surface area contributed by atoms with Crippen LogP contribution >= 0.6 is 0 Å². The Morgan fingerprint density at radius 3 is 2.84 bits per heavy atom. The minimum absolute atomic E-state index is 0.476. The highest BCUT2D eigenvalue weighted by molar-refractivity contribution is 5.82. The molecule has 0 unspecified atom stereocenters. The van der Waals surface area contributed by atoms with Gasteiger partial charge in [0.15, 0.2) is 0 Å². The van der Waals surface area contributed by atoms with Crippen LogP contribution < -0.4 is 0 Å². The largest absolute Gasteiger partial charge is 0.286 e. The van der Waals surface area contributed by atoms with Crippen molar-refractivity contribution in [3.63, 3.8) is 0 Å². The van der Waals surface area contributed by atoms with Crippen molar-refractivity contribution >= 4 is 10.9 Å². The summed E-state index contributed by atoms with van der Waals surface area (Å²) in [7, 11) is 0. The first-order chi connectivity index (χ1) is 9.24. The van der Waals surface area contributed by atoms with Gasteiger partial charge in [-0.3, -0.25) is 9.88 Å². The number of benzene rings is 1. The second-order valence-electron chi connectivity index (χ2n) is 4.81. The standard InChI is InChI=1S/C16H19N3/c1-3-9-19(10-8-17)12-14-11-13(2)18-16-7-5-4-6-15(14)16/h4-7,11H,3,9-10,12H2,1-2H3. The molecule has 0 radical (unpaired) electrons. The molecule has 19 heavy (non-hydrogen) atoms. The van der Waals surface area contributed by atoms with Gasteiger partial charge < -0.3 is 0 Å². The third-order valence-corrected chi connectivity index (χ3v) is 3.16. The maximum atomic E-state index is 8.91. The fraction of sp³-hybridized carbons (Fsp3) is 0.375. The Morgan fingerprint density at radius 1 is 1.32 bits per heavy atom. The molecular formula is C16H19N3. The molecule has 0 spiro atoms. The van der Waals surface area contributed by atoms with E-state index in [-0.39, 0.29) is 0 Å². The molecule has 2 rings (SSSR count). The molecule has 1 aromatic heterocycles. The molecule has 3 heteroatoms. The van der Waals surface area contributed by atoms with Crippen LogP contribution in [0.3, 0.4) is 0 Å². The number of fused-ring (bicyclic) bond motifs is 1. The molecular weight excluding hydrogens is 234 g/mol. The summed E-state index contributed by atoms with van der Waals surface area (Å²) in [5.74, 6) is 0. The molecule has 2 aromatic rings. The van der Waals surface area contributed by atoms with E-state index in [1.165, 1.54) is 10.9 Å². The van der Waals surface area contributed by atoms with Crippen LogP contribution in [-0.2, 0) is 6.54 Å². The smallest absolute Gasteiger partial charge is 0.0868 e. The Bertz CT molecular complexity index is 598. The van der Waals surface area contributed by atoms with Crippen LogP contribution in [0.15, 0.2) is 30.3 Å². The summed E-state index contributed by atoms with van der Waals surface area (Å²) < 4.78 is 0. The summed E-state index contributed by atoms with van der Waals surface area (Å²) in [4.78, 5) is 6.73. The highest BCUT2D eigenvalue weighted by Gasteiger charge is 2.08. The number of hydrogen-bond donors (Lipinski definition) is 0. The second kappa shape index (κ2) is 6.31. The molecule has 0 aliphatic carbocycles. The molecule has 0 amide bonds. The monoisotopic (exact) mass is 253 g/mol.